The highest BCUT2D eigenvalue weighted by Crippen LogP contribution is 2.22. The molecule has 1 aromatic rings. The van der Waals surface area contributed by atoms with Gasteiger partial charge in [0.25, 0.3) is 5.91 Å². The van der Waals surface area contributed by atoms with Crippen molar-refractivity contribution >= 4 is 21.7 Å². The predicted octanol–water partition coefficient (Wildman–Crippen LogP) is 2.73. The summed E-state index contributed by atoms with van der Waals surface area (Å²) < 4.78 is 28.8. The zero-order valence-electron chi connectivity index (χ0n) is 15.8. The molecule has 0 aliphatic carbocycles. The lowest BCUT2D eigenvalue weighted by molar-refractivity contribution is -0.143. The molecule has 26 heavy (non-hydrogen) atoms. The SMILES string of the molecule is CCC1CCCCN1C(=O)C(C)OC(=O)c1cc(S(C)(=O)=O)ccc1C. The topological polar surface area (TPSA) is 80.8 Å². The first-order valence-electron chi connectivity index (χ1n) is 8.97. The molecule has 144 valence electrons. The van der Waals surface area contributed by atoms with Crippen molar-refractivity contribution in [1.29, 1.82) is 0 Å². The first-order chi connectivity index (χ1) is 12.1. The lowest BCUT2D eigenvalue weighted by Gasteiger charge is -2.36. The van der Waals surface area contributed by atoms with Crippen LogP contribution in [0.3, 0.4) is 0 Å². The Hall–Kier alpha value is -1.89. The van der Waals surface area contributed by atoms with Crippen LogP contribution in [0.4, 0.5) is 0 Å². The molecule has 1 aliphatic heterocycles. The second-order valence-electron chi connectivity index (χ2n) is 6.89. The number of hydrogen-bond acceptors (Lipinski definition) is 5. The Bertz CT molecular complexity index is 787. The number of aryl methyl sites for hydroxylation is 1. The van der Waals surface area contributed by atoms with E-state index >= 15 is 0 Å². The smallest absolute Gasteiger partial charge is 0.339 e. The minimum Gasteiger partial charge on any atom is -0.449 e. The largest absolute Gasteiger partial charge is 0.449 e. The van der Waals surface area contributed by atoms with Crippen LogP contribution in [0.25, 0.3) is 0 Å². The van der Waals surface area contributed by atoms with Gasteiger partial charge in [0.15, 0.2) is 15.9 Å². The van der Waals surface area contributed by atoms with Crippen LogP contribution in [0.15, 0.2) is 23.1 Å². The number of likely N-dealkylation sites (tertiary alicyclic amines) is 1. The first-order valence-corrected chi connectivity index (χ1v) is 10.9. The molecule has 0 N–H and O–H groups in total. The number of ether oxygens (including phenoxy) is 1. The van der Waals surface area contributed by atoms with Crippen molar-refractivity contribution in [2.75, 3.05) is 12.8 Å². The highest BCUT2D eigenvalue weighted by atomic mass is 32.2. The normalized spacial score (nSPS) is 19.1. The summed E-state index contributed by atoms with van der Waals surface area (Å²) in [6.07, 6.45) is 4.09. The minimum absolute atomic E-state index is 0.0520. The van der Waals surface area contributed by atoms with Crippen LogP contribution in [0, 0.1) is 6.92 Å². The van der Waals surface area contributed by atoms with Gasteiger partial charge in [0.1, 0.15) is 0 Å². The Morgan fingerprint density at radius 1 is 1.31 bits per heavy atom. The molecule has 1 amide bonds. The molecule has 1 fully saturated rings. The number of hydrogen-bond donors (Lipinski definition) is 0. The van der Waals surface area contributed by atoms with E-state index in [2.05, 4.69) is 0 Å². The Labute approximate surface area is 155 Å². The maximum Gasteiger partial charge on any atom is 0.339 e. The molecule has 1 saturated heterocycles. The number of amides is 1. The molecule has 2 atom stereocenters. The maximum absolute atomic E-state index is 12.7. The Morgan fingerprint density at radius 2 is 2.00 bits per heavy atom. The maximum atomic E-state index is 12.7. The van der Waals surface area contributed by atoms with E-state index < -0.39 is 21.9 Å². The van der Waals surface area contributed by atoms with Crippen molar-refractivity contribution in [3.63, 3.8) is 0 Å². The van der Waals surface area contributed by atoms with Crippen molar-refractivity contribution in [2.24, 2.45) is 0 Å². The monoisotopic (exact) mass is 381 g/mol. The highest BCUT2D eigenvalue weighted by Gasteiger charge is 2.31. The lowest BCUT2D eigenvalue weighted by atomic mass is 9.99. The third-order valence-electron chi connectivity index (χ3n) is 4.87. The molecular formula is C19H27NO5S. The third-order valence-corrected chi connectivity index (χ3v) is 5.98. The average Bonchev–Trinajstić information content (AvgIpc) is 2.60. The number of esters is 1. The summed E-state index contributed by atoms with van der Waals surface area (Å²) >= 11 is 0. The Morgan fingerprint density at radius 3 is 2.62 bits per heavy atom. The summed E-state index contributed by atoms with van der Waals surface area (Å²) in [5.74, 6) is -0.874. The summed E-state index contributed by atoms with van der Waals surface area (Å²) in [5.41, 5.74) is 0.768. The number of benzene rings is 1. The fourth-order valence-electron chi connectivity index (χ4n) is 3.27. The summed E-state index contributed by atoms with van der Waals surface area (Å²) in [6, 6.07) is 4.51. The van der Waals surface area contributed by atoms with Crippen LogP contribution in [0.2, 0.25) is 0 Å². The quantitative estimate of drug-likeness (QED) is 0.733. The summed E-state index contributed by atoms with van der Waals surface area (Å²) in [7, 11) is -3.43. The number of rotatable bonds is 5. The van der Waals surface area contributed by atoms with Gasteiger partial charge in [-0.15, -0.1) is 0 Å². The molecule has 7 heteroatoms. The molecule has 0 saturated carbocycles. The molecule has 0 aromatic heterocycles. The summed E-state index contributed by atoms with van der Waals surface area (Å²) in [5, 5.41) is 0. The van der Waals surface area contributed by atoms with E-state index in [1.807, 2.05) is 6.92 Å². The molecule has 0 spiro atoms. The lowest BCUT2D eigenvalue weighted by Crippen LogP contribution is -2.48. The second-order valence-corrected chi connectivity index (χ2v) is 8.90. The number of carbonyl (C=O) groups excluding carboxylic acids is 2. The van der Waals surface area contributed by atoms with Gasteiger partial charge in [-0.1, -0.05) is 13.0 Å². The van der Waals surface area contributed by atoms with Gasteiger partial charge in [-0.25, -0.2) is 13.2 Å². The second kappa shape index (κ2) is 8.20. The van der Waals surface area contributed by atoms with Crippen LogP contribution in [-0.2, 0) is 19.4 Å². The van der Waals surface area contributed by atoms with E-state index in [1.54, 1.807) is 24.8 Å². The van der Waals surface area contributed by atoms with E-state index in [1.165, 1.54) is 12.1 Å². The third kappa shape index (κ3) is 4.63. The Kier molecular flexibility index (Phi) is 6.44. The molecule has 6 nitrogen and oxygen atoms in total. The molecule has 1 aliphatic rings. The van der Waals surface area contributed by atoms with Gasteiger partial charge in [-0.2, -0.15) is 0 Å². The van der Waals surface area contributed by atoms with Crippen LogP contribution in [-0.4, -0.2) is 50.1 Å². The number of carbonyl (C=O) groups is 2. The van der Waals surface area contributed by atoms with Crippen LogP contribution in [0.5, 0.6) is 0 Å². The van der Waals surface area contributed by atoms with Gasteiger partial charge in [0.05, 0.1) is 10.5 Å². The zero-order valence-corrected chi connectivity index (χ0v) is 16.6. The van der Waals surface area contributed by atoms with Crippen LogP contribution >= 0.6 is 0 Å². The van der Waals surface area contributed by atoms with Crippen molar-refractivity contribution in [3.05, 3.63) is 29.3 Å². The molecular weight excluding hydrogens is 354 g/mol. The first kappa shape index (κ1) is 20.4. The van der Waals surface area contributed by atoms with Crippen molar-refractivity contribution in [2.45, 2.75) is 63.5 Å². The van der Waals surface area contributed by atoms with Gasteiger partial charge < -0.3 is 9.64 Å². The van der Waals surface area contributed by atoms with E-state index in [4.69, 9.17) is 4.74 Å². The average molecular weight is 381 g/mol. The number of piperidine rings is 1. The van der Waals surface area contributed by atoms with Crippen LogP contribution < -0.4 is 0 Å². The van der Waals surface area contributed by atoms with E-state index in [0.29, 0.717) is 12.1 Å². The van der Waals surface area contributed by atoms with E-state index in [0.717, 1.165) is 31.9 Å². The van der Waals surface area contributed by atoms with Crippen molar-refractivity contribution in [1.82, 2.24) is 4.90 Å². The Balaban J connectivity index is 2.15. The summed E-state index contributed by atoms with van der Waals surface area (Å²) in [6.45, 7) is 6.00. The molecule has 1 heterocycles. The van der Waals surface area contributed by atoms with Crippen LogP contribution in [0.1, 0.15) is 55.5 Å². The van der Waals surface area contributed by atoms with E-state index in [-0.39, 0.29) is 22.4 Å². The fourth-order valence-corrected chi connectivity index (χ4v) is 3.92. The minimum atomic E-state index is -3.43. The van der Waals surface area contributed by atoms with Gasteiger partial charge >= 0.3 is 5.97 Å². The number of sulfone groups is 1. The van der Waals surface area contributed by atoms with Gasteiger partial charge in [0, 0.05) is 18.8 Å². The number of nitrogens with zero attached hydrogens (tertiary/aromatic N) is 1. The van der Waals surface area contributed by atoms with E-state index in [9.17, 15) is 18.0 Å². The van der Waals surface area contributed by atoms with Gasteiger partial charge in [-0.05, 0) is 57.2 Å². The highest BCUT2D eigenvalue weighted by molar-refractivity contribution is 7.90. The van der Waals surface area contributed by atoms with Crippen molar-refractivity contribution < 1.29 is 22.7 Å². The molecule has 1 aromatic carbocycles. The molecule has 0 bridgehead atoms. The zero-order chi connectivity index (χ0) is 19.5. The summed E-state index contributed by atoms with van der Waals surface area (Å²) in [4.78, 5) is 27.1. The molecule has 2 unspecified atom stereocenters. The molecule has 0 radical (unpaired) electrons. The van der Waals surface area contributed by atoms with Gasteiger partial charge in [0.2, 0.25) is 0 Å². The molecule has 2 rings (SSSR count). The standard InChI is InChI=1S/C19H27NO5S/c1-5-15-8-6-7-11-20(15)18(21)14(3)25-19(22)17-12-16(26(4,23)24)10-9-13(17)2/h9-10,12,14-15H,5-8,11H2,1-4H3. The fraction of sp³-hybridized carbons (Fsp3) is 0.579. The predicted molar refractivity (Wildman–Crippen MR) is 98.8 cm³/mol. The van der Waals surface area contributed by atoms with Gasteiger partial charge in [-0.3, -0.25) is 4.79 Å². The van der Waals surface area contributed by atoms with Crippen molar-refractivity contribution in [3.8, 4) is 0 Å².